The number of nitrogens with zero attached hydrogens (tertiary/aromatic N) is 1. The highest BCUT2D eigenvalue weighted by Crippen LogP contribution is 2.19. The number of esters is 1. The average molecular weight is 397 g/mol. The SMILES string of the molecule is CO/C=C(\C(=O)OC)c1ccccc1/C=N/OC(=O)COCc1ccc(C)cc1. The summed E-state index contributed by atoms with van der Waals surface area (Å²) in [7, 11) is 2.71. The second kappa shape index (κ2) is 11.4. The first-order valence-corrected chi connectivity index (χ1v) is 8.82. The molecular formula is C22H23NO6. The Kier molecular flexibility index (Phi) is 8.59. The number of methoxy groups -OCH3 is 2. The van der Waals surface area contributed by atoms with Crippen molar-refractivity contribution in [2.75, 3.05) is 20.8 Å². The largest absolute Gasteiger partial charge is 0.503 e. The Morgan fingerprint density at radius 2 is 1.76 bits per heavy atom. The Balaban J connectivity index is 1.94. The Morgan fingerprint density at radius 3 is 2.45 bits per heavy atom. The van der Waals surface area contributed by atoms with Gasteiger partial charge in [-0.3, -0.25) is 0 Å². The summed E-state index contributed by atoms with van der Waals surface area (Å²) in [6, 6.07) is 14.7. The third-order valence-corrected chi connectivity index (χ3v) is 3.85. The zero-order valence-corrected chi connectivity index (χ0v) is 16.6. The molecule has 0 N–H and O–H groups in total. The fraction of sp³-hybridized carbons (Fsp3) is 0.227. The van der Waals surface area contributed by atoms with Gasteiger partial charge >= 0.3 is 11.9 Å². The van der Waals surface area contributed by atoms with E-state index in [0.29, 0.717) is 17.7 Å². The van der Waals surface area contributed by atoms with Gasteiger partial charge in [0.1, 0.15) is 12.2 Å². The highest BCUT2D eigenvalue weighted by atomic mass is 16.7. The number of carbonyl (C=O) groups excluding carboxylic acids is 2. The molecule has 0 saturated heterocycles. The molecule has 0 aromatic heterocycles. The van der Waals surface area contributed by atoms with Crippen LogP contribution in [-0.4, -0.2) is 39.0 Å². The summed E-state index contributed by atoms with van der Waals surface area (Å²) in [6.07, 6.45) is 2.61. The summed E-state index contributed by atoms with van der Waals surface area (Å²) in [5.74, 6) is -1.19. The van der Waals surface area contributed by atoms with E-state index in [1.54, 1.807) is 24.3 Å². The Labute approximate surface area is 169 Å². The Hall–Kier alpha value is -3.45. The summed E-state index contributed by atoms with van der Waals surface area (Å²) in [4.78, 5) is 28.6. The molecule has 0 fully saturated rings. The maximum absolute atomic E-state index is 12.0. The minimum absolute atomic E-state index is 0.213. The molecule has 0 bridgehead atoms. The first kappa shape index (κ1) is 21.8. The molecule has 0 saturated carbocycles. The maximum atomic E-state index is 12.0. The molecule has 0 radical (unpaired) electrons. The Bertz CT molecular complexity index is 886. The molecule has 2 aromatic rings. The van der Waals surface area contributed by atoms with E-state index in [2.05, 4.69) is 5.16 Å². The van der Waals surface area contributed by atoms with Gasteiger partial charge in [0.25, 0.3) is 0 Å². The lowest BCUT2D eigenvalue weighted by Crippen LogP contribution is -2.10. The molecule has 0 aliphatic carbocycles. The molecule has 0 unspecified atom stereocenters. The van der Waals surface area contributed by atoms with Crippen LogP contribution in [0.25, 0.3) is 5.57 Å². The van der Waals surface area contributed by atoms with Crippen LogP contribution in [0.2, 0.25) is 0 Å². The highest BCUT2D eigenvalue weighted by molar-refractivity contribution is 6.18. The van der Waals surface area contributed by atoms with Crippen molar-refractivity contribution in [3.8, 4) is 0 Å². The van der Waals surface area contributed by atoms with Crippen molar-refractivity contribution in [2.45, 2.75) is 13.5 Å². The lowest BCUT2D eigenvalue weighted by Gasteiger charge is -2.08. The molecule has 0 spiro atoms. The second-order valence-corrected chi connectivity index (χ2v) is 6.02. The molecule has 0 heterocycles. The lowest BCUT2D eigenvalue weighted by atomic mass is 10.0. The number of aryl methyl sites for hydroxylation is 1. The molecule has 0 amide bonds. The topological polar surface area (TPSA) is 83.4 Å². The van der Waals surface area contributed by atoms with E-state index in [9.17, 15) is 9.59 Å². The first-order chi connectivity index (χ1) is 14.0. The zero-order valence-electron chi connectivity index (χ0n) is 16.6. The summed E-state index contributed by atoms with van der Waals surface area (Å²) in [5.41, 5.74) is 3.40. The van der Waals surface area contributed by atoms with Crippen molar-refractivity contribution in [1.29, 1.82) is 0 Å². The van der Waals surface area contributed by atoms with Crippen LogP contribution in [0.4, 0.5) is 0 Å². The molecule has 7 nitrogen and oxygen atoms in total. The van der Waals surface area contributed by atoms with Crippen LogP contribution >= 0.6 is 0 Å². The van der Waals surface area contributed by atoms with Crippen molar-refractivity contribution in [3.63, 3.8) is 0 Å². The minimum atomic E-state index is -0.633. The first-order valence-electron chi connectivity index (χ1n) is 8.82. The van der Waals surface area contributed by atoms with Crippen molar-refractivity contribution >= 4 is 23.7 Å². The molecule has 2 aromatic carbocycles. The zero-order chi connectivity index (χ0) is 21.1. The van der Waals surface area contributed by atoms with Crippen LogP contribution in [0, 0.1) is 6.92 Å². The number of hydrogen-bond donors (Lipinski definition) is 0. The molecular weight excluding hydrogens is 374 g/mol. The van der Waals surface area contributed by atoms with E-state index in [0.717, 1.165) is 11.1 Å². The number of oxime groups is 1. The molecule has 0 aliphatic rings. The molecule has 152 valence electrons. The van der Waals surface area contributed by atoms with E-state index >= 15 is 0 Å². The van der Waals surface area contributed by atoms with Gasteiger partial charge in [0.15, 0.2) is 0 Å². The maximum Gasteiger partial charge on any atom is 0.360 e. The van der Waals surface area contributed by atoms with Crippen molar-refractivity contribution < 1.29 is 28.6 Å². The third kappa shape index (κ3) is 6.90. The van der Waals surface area contributed by atoms with Crippen LogP contribution in [0.5, 0.6) is 0 Å². The summed E-state index contributed by atoms with van der Waals surface area (Å²) in [6.45, 7) is 2.06. The summed E-state index contributed by atoms with van der Waals surface area (Å²) in [5, 5.41) is 3.69. The van der Waals surface area contributed by atoms with E-state index in [4.69, 9.17) is 19.0 Å². The van der Waals surface area contributed by atoms with Crippen LogP contribution in [0.15, 0.2) is 59.9 Å². The third-order valence-electron chi connectivity index (χ3n) is 3.85. The van der Waals surface area contributed by atoms with Gasteiger partial charge in [-0.25, -0.2) is 9.59 Å². The van der Waals surface area contributed by atoms with Gasteiger partial charge in [-0.05, 0) is 12.5 Å². The van der Waals surface area contributed by atoms with Gasteiger partial charge in [0, 0.05) is 11.1 Å². The monoisotopic (exact) mass is 397 g/mol. The number of ether oxygens (including phenoxy) is 3. The van der Waals surface area contributed by atoms with Crippen LogP contribution in [-0.2, 0) is 35.2 Å². The van der Waals surface area contributed by atoms with Crippen molar-refractivity contribution in [1.82, 2.24) is 0 Å². The van der Waals surface area contributed by atoms with Gasteiger partial charge < -0.3 is 19.0 Å². The van der Waals surface area contributed by atoms with E-state index < -0.39 is 11.9 Å². The Morgan fingerprint density at radius 1 is 1.03 bits per heavy atom. The smallest absolute Gasteiger partial charge is 0.360 e. The minimum Gasteiger partial charge on any atom is -0.503 e. The predicted molar refractivity (Wildman–Crippen MR) is 108 cm³/mol. The van der Waals surface area contributed by atoms with Gasteiger partial charge in [0.2, 0.25) is 0 Å². The van der Waals surface area contributed by atoms with Crippen LogP contribution < -0.4 is 0 Å². The van der Waals surface area contributed by atoms with Crippen molar-refractivity contribution in [2.24, 2.45) is 5.16 Å². The van der Waals surface area contributed by atoms with E-state index in [-0.39, 0.29) is 12.2 Å². The molecule has 2 rings (SSSR count). The summed E-state index contributed by atoms with van der Waals surface area (Å²) < 4.78 is 15.1. The average Bonchev–Trinajstić information content (AvgIpc) is 2.73. The molecule has 7 heteroatoms. The normalized spacial score (nSPS) is 11.3. The van der Waals surface area contributed by atoms with Crippen LogP contribution in [0.3, 0.4) is 0 Å². The number of benzene rings is 2. The highest BCUT2D eigenvalue weighted by Gasteiger charge is 2.16. The standard InChI is InChI=1S/C22H23NO6/c1-16-8-10-17(11-9-16)13-28-15-21(24)29-23-12-18-6-4-5-7-19(18)20(14-26-2)22(25)27-3/h4-12,14H,13,15H2,1-3H3/b20-14-,23-12+. The number of hydrogen-bond acceptors (Lipinski definition) is 7. The molecule has 0 atom stereocenters. The number of rotatable bonds is 9. The number of carbonyl (C=O) groups is 2. The van der Waals surface area contributed by atoms with E-state index in [1.165, 1.54) is 26.7 Å². The second-order valence-electron chi connectivity index (χ2n) is 6.02. The predicted octanol–water partition coefficient (Wildman–Crippen LogP) is 3.25. The van der Waals surface area contributed by atoms with Crippen LogP contribution in [0.1, 0.15) is 22.3 Å². The molecule has 29 heavy (non-hydrogen) atoms. The fourth-order valence-corrected chi connectivity index (χ4v) is 2.41. The van der Waals surface area contributed by atoms with Crippen molar-refractivity contribution in [3.05, 3.63) is 77.0 Å². The lowest BCUT2D eigenvalue weighted by molar-refractivity contribution is -0.149. The van der Waals surface area contributed by atoms with E-state index in [1.807, 2.05) is 31.2 Å². The van der Waals surface area contributed by atoms with Gasteiger partial charge in [0.05, 0.1) is 33.3 Å². The molecule has 0 aliphatic heterocycles. The van der Waals surface area contributed by atoms with Gasteiger partial charge in [-0.1, -0.05) is 59.3 Å². The fourth-order valence-electron chi connectivity index (χ4n) is 2.41. The van der Waals surface area contributed by atoms with Gasteiger partial charge in [-0.15, -0.1) is 0 Å². The quantitative estimate of drug-likeness (QED) is 0.161. The summed E-state index contributed by atoms with van der Waals surface area (Å²) >= 11 is 0. The van der Waals surface area contributed by atoms with Gasteiger partial charge in [-0.2, -0.15) is 0 Å².